The number of hydrazone groups is 1. The molecule has 1 amide bonds. The van der Waals surface area contributed by atoms with Gasteiger partial charge >= 0.3 is 0 Å². The van der Waals surface area contributed by atoms with Gasteiger partial charge in [-0.15, -0.1) is 0 Å². The quantitative estimate of drug-likeness (QED) is 0.534. The van der Waals surface area contributed by atoms with E-state index in [0.717, 1.165) is 24.3 Å². The third kappa shape index (κ3) is 4.01. The molecule has 0 aromatic heterocycles. The lowest BCUT2D eigenvalue weighted by atomic mass is 10.1. The Balaban J connectivity index is 1.43. The normalized spacial score (nSPS) is 13.0. The molecule has 0 saturated heterocycles. The van der Waals surface area contributed by atoms with Gasteiger partial charge in [-0.3, -0.25) is 4.79 Å². The minimum atomic E-state index is -0.237. The fourth-order valence-electron chi connectivity index (χ4n) is 3.14. The number of hydrogen-bond acceptors (Lipinski definition) is 3. The fraction of sp³-hybridized carbons (Fsp3) is 0.0909. The summed E-state index contributed by atoms with van der Waals surface area (Å²) in [5.41, 5.74) is 7.72. The van der Waals surface area contributed by atoms with E-state index >= 15 is 0 Å². The molecular weight excluding hydrogens is 358 g/mol. The van der Waals surface area contributed by atoms with Gasteiger partial charge in [0.2, 0.25) is 0 Å². The second-order valence-corrected chi connectivity index (χ2v) is 6.86. The van der Waals surface area contributed by atoms with E-state index in [1.165, 1.54) is 11.1 Å². The minimum absolute atomic E-state index is 0.237. The molecule has 3 aromatic carbocycles. The van der Waals surface area contributed by atoms with Crippen LogP contribution in [0.1, 0.15) is 27.0 Å². The van der Waals surface area contributed by atoms with E-state index in [2.05, 4.69) is 39.7 Å². The molecule has 0 saturated carbocycles. The molecule has 5 heteroatoms. The van der Waals surface area contributed by atoms with E-state index in [4.69, 9.17) is 11.6 Å². The van der Waals surface area contributed by atoms with Crippen LogP contribution in [0.25, 0.3) is 0 Å². The van der Waals surface area contributed by atoms with E-state index in [1.54, 1.807) is 24.4 Å². The predicted octanol–water partition coefficient (Wildman–Crippen LogP) is 4.62. The zero-order valence-corrected chi connectivity index (χ0v) is 15.4. The highest BCUT2D eigenvalue weighted by Gasteiger charge is 2.19. The van der Waals surface area contributed by atoms with Crippen LogP contribution in [0.2, 0.25) is 5.02 Å². The molecule has 1 aliphatic rings. The monoisotopic (exact) mass is 375 g/mol. The largest absolute Gasteiger partial charge is 0.363 e. The van der Waals surface area contributed by atoms with Crippen LogP contribution in [0.15, 0.2) is 77.9 Å². The van der Waals surface area contributed by atoms with Crippen molar-refractivity contribution < 1.29 is 4.79 Å². The Morgan fingerprint density at radius 1 is 0.963 bits per heavy atom. The molecule has 1 N–H and O–H groups in total. The maximum Gasteiger partial charge on any atom is 0.271 e. The lowest BCUT2D eigenvalue weighted by Crippen LogP contribution is -2.19. The van der Waals surface area contributed by atoms with Crippen molar-refractivity contribution >= 4 is 29.4 Å². The fourth-order valence-corrected chi connectivity index (χ4v) is 3.26. The van der Waals surface area contributed by atoms with Crippen LogP contribution in [-0.4, -0.2) is 12.1 Å². The van der Waals surface area contributed by atoms with Crippen molar-refractivity contribution in [3.63, 3.8) is 0 Å². The Hall–Kier alpha value is -3.11. The molecule has 3 aromatic rings. The highest BCUT2D eigenvalue weighted by Crippen LogP contribution is 2.28. The van der Waals surface area contributed by atoms with Gasteiger partial charge in [-0.1, -0.05) is 54.1 Å². The number of amides is 1. The molecule has 1 aliphatic heterocycles. The van der Waals surface area contributed by atoms with Crippen molar-refractivity contribution in [3.8, 4) is 0 Å². The summed E-state index contributed by atoms with van der Waals surface area (Å²) in [6, 6.07) is 23.3. The van der Waals surface area contributed by atoms with Crippen LogP contribution in [-0.2, 0) is 13.1 Å². The van der Waals surface area contributed by atoms with Gasteiger partial charge in [-0.05, 0) is 47.0 Å². The number of fused-ring (bicyclic) bond motifs is 1. The Kier molecular flexibility index (Phi) is 4.90. The van der Waals surface area contributed by atoms with Crippen LogP contribution in [0.3, 0.4) is 0 Å². The van der Waals surface area contributed by atoms with Crippen molar-refractivity contribution in [2.24, 2.45) is 5.10 Å². The number of carbonyl (C=O) groups excluding carboxylic acids is 1. The maximum atomic E-state index is 12.4. The Morgan fingerprint density at radius 2 is 1.67 bits per heavy atom. The van der Waals surface area contributed by atoms with Gasteiger partial charge in [0.15, 0.2) is 0 Å². The first kappa shape index (κ1) is 17.3. The predicted molar refractivity (Wildman–Crippen MR) is 109 cm³/mol. The molecule has 0 fully saturated rings. The first-order valence-electron chi connectivity index (χ1n) is 8.70. The number of nitrogens with one attached hydrogen (secondary N) is 1. The van der Waals surface area contributed by atoms with Gasteiger partial charge in [-0.25, -0.2) is 5.43 Å². The van der Waals surface area contributed by atoms with Crippen LogP contribution < -0.4 is 10.3 Å². The Morgan fingerprint density at radius 3 is 2.37 bits per heavy atom. The van der Waals surface area contributed by atoms with Gasteiger partial charge < -0.3 is 4.90 Å². The maximum absolute atomic E-state index is 12.4. The molecule has 0 aliphatic carbocycles. The third-order valence-electron chi connectivity index (χ3n) is 4.56. The van der Waals surface area contributed by atoms with E-state index in [-0.39, 0.29) is 5.91 Å². The van der Waals surface area contributed by atoms with E-state index < -0.39 is 0 Å². The number of carbonyl (C=O) groups is 1. The number of hydrogen-bond donors (Lipinski definition) is 1. The summed E-state index contributed by atoms with van der Waals surface area (Å²) in [4.78, 5) is 14.7. The van der Waals surface area contributed by atoms with Crippen LogP contribution in [0.4, 0.5) is 5.69 Å². The van der Waals surface area contributed by atoms with Gasteiger partial charge in [0.05, 0.1) is 6.21 Å². The molecule has 1 heterocycles. The highest BCUT2D eigenvalue weighted by atomic mass is 35.5. The lowest BCUT2D eigenvalue weighted by Gasteiger charge is -2.18. The standard InChI is InChI=1S/C22H18ClN3O/c23-20-10-8-16(9-11-20)13-24-25-22(27)17-6-3-7-21(12-17)26-14-18-4-1-2-5-19(18)15-26/h1-13H,14-15H2,(H,25,27)/b24-13+. The first-order valence-corrected chi connectivity index (χ1v) is 9.07. The zero-order chi connectivity index (χ0) is 18.6. The second kappa shape index (κ2) is 7.64. The molecule has 27 heavy (non-hydrogen) atoms. The Bertz CT molecular complexity index is 973. The van der Waals surface area contributed by atoms with E-state index in [0.29, 0.717) is 10.6 Å². The summed E-state index contributed by atoms with van der Waals surface area (Å²) >= 11 is 5.86. The summed E-state index contributed by atoms with van der Waals surface area (Å²) in [5.74, 6) is -0.237. The number of anilines is 1. The smallest absolute Gasteiger partial charge is 0.271 e. The topological polar surface area (TPSA) is 44.7 Å². The summed E-state index contributed by atoms with van der Waals surface area (Å²) in [7, 11) is 0. The number of nitrogens with zero attached hydrogens (tertiary/aromatic N) is 2. The molecular formula is C22H18ClN3O. The average molecular weight is 376 g/mol. The minimum Gasteiger partial charge on any atom is -0.363 e. The number of rotatable bonds is 4. The van der Waals surface area contributed by atoms with Gasteiger partial charge in [0.25, 0.3) is 5.91 Å². The molecule has 0 bridgehead atoms. The SMILES string of the molecule is O=C(N/N=C/c1ccc(Cl)cc1)c1cccc(N2Cc3ccccc3C2)c1. The molecule has 4 nitrogen and oxygen atoms in total. The summed E-state index contributed by atoms with van der Waals surface area (Å²) in [6.07, 6.45) is 1.59. The molecule has 0 atom stereocenters. The van der Waals surface area contributed by atoms with Crippen LogP contribution in [0, 0.1) is 0 Å². The van der Waals surface area contributed by atoms with Crippen molar-refractivity contribution in [2.75, 3.05) is 4.90 Å². The first-order chi connectivity index (χ1) is 13.2. The molecule has 0 radical (unpaired) electrons. The number of halogens is 1. The van der Waals surface area contributed by atoms with Crippen LogP contribution in [0.5, 0.6) is 0 Å². The number of benzene rings is 3. The van der Waals surface area contributed by atoms with Gasteiger partial charge in [-0.2, -0.15) is 5.10 Å². The van der Waals surface area contributed by atoms with Crippen molar-refractivity contribution in [1.29, 1.82) is 0 Å². The molecule has 4 rings (SSSR count). The average Bonchev–Trinajstić information content (AvgIpc) is 3.14. The van der Waals surface area contributed by atoms with Crippen LogP contribution >= 0.6 is 11.6 Å². The second-order valence-electron chi connectivity index (χ2n) is 6.43. The molecule has 0 spiro atoms. The Labute approximate surface area is 163 Å². The van der Waals surface area contributed by atoms with Crippen molar-refractivity contribution in [1.82, 2.24) is 5.43 Å². The zero-order valence-electron chi connectivity index (χ0n) is 14.6. The van der Waals surface area contributed by atoms with Crippen molar-refractivity contribution in [3.05, 3.63) is 100 Å². The summed E-state index contributed by atoms with van der Waals surface area (Å²) < 4.78 is 0. The summed E-state index contributed by atoms with van der Waals surface area (Å²) in [6.45, 7) is 1.71. The molecule has 0 unspecified atom stereocenters. The van der Waals surface area contributed by atoms with Gasteiger partial charge in [0.1, 0.15) is 0 Å². The van der Waals surface area contributed by atoms with Crippen molar-refractivity contribution in [2.45, 2.75) is 13.1 Å². The summed E-state index contributed by atoms with van der Waals surface area (Å²) in [5, 5.41) is 4.69. The van der Waals surface area contributed by atoms with E-state index in [1.807, 2.05) is 30.3 Å². The van der Waals surface area contributed by atoms with E-state index in [9.17, 15) is 4.79 Å². The third-order valence-corrected chi connectivity index (χ3v) is 4.82. The van der Waals surface area contributed by atoms with Gasteiger partial charge in [0, 0.05) is 29.4 Å². The lowest BCUT2D eigenvalue weighted by molar-refractivity contribution is 0.0955. The highest BCUT2D eigenvalue weighted by molar-refractivity contribution is 6.30. The molecule has 134 valence electrons.